The van der Waals surface area contributed by atoms with Gasteiger partial charge >= 0.3 is 0 Å². The highest BCUT2D eigenvalue weighted by molar-refractivity contribution is 8.15. The van der Waals surface area contributed by atoms with Crippen LogP contribution in [0.4, 0.5) is 0 Å². The van der Waals surface area contributed by atoms with Gasteiger partial charge in [-0.25, -0.2) is 0 Å². The summed E-state index contributed by atoms with van der Waals surface area (Å²) in [7, 11) is 0. The third kappa shape index (κ3) is 3.74. The van der Waals surface area contributed by atoms with Crippen molar-refractivity contribution < 1.29 is 19.4 Å². The minimum absolute atomic E-state index is 0.171. The number of hydrogen-bond donors (Lipinski definition) is 2. The summed E-state index contributed by atoms with van der Waals surface area (Å²) in [5, 5.41) is 10.5. The van der Waals surface area contributed by atoms with E-state index in [-0.39, 0.29) is 11.2 Å². The summed E-state index contributed by atoms with van der Waals surface area (Å²) in [6.07, 6.45) is 1.27. The molecule has 4 rings (SSSR count). The first-order valence-electron chi connectivity index (χ1n) is 9.94. The monoisotopic (exact) mass is 426 g/mol. The van der Waals surface area contributed by atoms with Crippen LogP contribution in [0.5, 0.6) is 17.2 Å². The Kier molecular flexibility index (Phi) is 5.18. The molecule has 2 aromatic rings. The minimum atomic E-state index is -0.501. The molecule has 0 aromatic heterocycles. The topological polar surface area (TPSA) is 94.1 Å². The fourth-order valence-corrected chi connectivity index (χ4v) is 4.82. The average molecular weight is 427 g/mol. The zero-order chi connectivity index (χ0) is 21.6. The lowest BCUT2D eigenvalue weighted by molar-refractivity contribution is -0.117. The number of nitrogens with two attached hydrogens (primary N) is 1. The highest BCUT2D eigenvalue weighted by Gasteiger charge is 2.39. The highest BCUT2D eigenvalue weighted by atomic mass is 32.2. The molecule has 3 N–H and O–H groups in total. The van der Waals surface area contributed by atoms with Gasteiger partial charge in [-0.3, -0.25) is 4.79 Å². The van der Waals surface area contributed by atoms with Crippen LogP contribution in [0.3, 0.4) is 0 Å². The van der Waals surface area contributed by atoms with Crippen molar-refractivity contribution in [2.24, 2.45) is 10.7 Å². The lowest BCUT2D eigenvalue weighted by atomic mass is 9.93. The number of amides is 1. The van der Waals surface area contributed by atoms with Gasteiger partial charge in [-0.1, -0.05) is 23.9 Å². The normalized spacial score (nSPS) is 22.6. The first kappa shape index (κ1) is 20.6. The Labute approximate surface area is 180 Å². The van der Waals surface area contributed by atoms with E-state index in [1.807, 2.05) is 52.0 Å². The maximum atomic E-state index is 11.8. The molecule has 1 amide bonds. The molecule has 2 aliphatic rings. The van der Waals surface area contributed by atoms with E-state index >= 15 is 0 Å². The summed E-state index contributed by atoms with van der Waals surface area (Å²) in [6.45, 7) is 8.24. The first-order valence-corrected chi connectivity index (χ1v) is 10.8. The molecule has 2 heterocycles. The Balaban J connectivity index is 1.40. The summed E-state index contributed by atoms with van der Waals surface area (Å²) >= 11 is 1.31. The van der Waals surface area contributed by atoms with Crippen molar-refractivity contribution in [3.05, 3.63) is 52.1 Å². The lowest BCUT2D eigenvalue weighted by Gasteiger charge is -2.24. The SMILES string of the molecule is Cc1c(C)c2c(c(C)c1O)CC(C)(COc1ccc(CC3SC(N)=NC3=O)cc1)O2. The second kappa shape index (κ2) is 7.54. The number of carbonyl (C=O) groups is 1. The Morgan fingerprint density at radius 1 is 1.23 bits per heavy atom. The molecule has 7 heteroatoms. The van der Waals surface area contributed by atoms with Crippen LogP contribution >= 0.6 is 11.8 Å². The maximum absolute atomic E-state index is 11.8. The number of phenolic OH excluding ortho intramolecular Hbond substituents is 1. The van der Waals surface area contributed by atoms with Crippen LogP contribution in [0.25, 0.3) is 0 Å². The lowest BCUT2D eigenvalue weighted by Crippen LogP contribution is -2.37. The van der Waals surface area contributed by atoms with Crippen molar-refractivity contribution in [2.75, 3.05) is 6.61 Å². The molecule has 0 saturated heterocycles. The van der Waals surface area contributed by atoms with Crippen LogP contribution in [0.15, 0.2) is 29.3 Å². The van der Waals surface area contributed by atoms with Gasteiger partial charge in [0.15, 0.2) is 5.17 Å². The van der Waals surface area contributed by atoms with E-state index in [4.69, 9.17) is 15.2 Å². The fraction of sp³-hybridized carbons (Fsp3) is 0.391. The number of rotatable bonds is 5. The predicted molar refractivity (Wildman–Crippen MR) is 119 cm³/mol. The van der Waals surface area contributed by atoms with Crippen molar-refractivity contribution >= 4 is 22.8 Å². The summed E-state index contributed by atoms with van der Waals surface area (Å²) in [6, 6.07) is 7.73. The summed E-state index contributed by atoms with van der Waals surface area (Å²) < 4.78 is 12.3. The van der Waals surface area contributed by atoms with Crippen LogP contribution in [0.1, 0.15) is 34.7 Å². The van der Waals surface area contributed by atoms with E-state index in [0.717, 1.165) is 39.3 Å². The van der Waals surface area contributed by atoms with Crippen molar-refractivity contribution in [1.82, 2.24) is 0 Å². The van der Waals surface area contributed by atoms with E-state index in [1.54, 1.807) is 0 Å². The summed E-state index contributed by atoms with van der Waals surface area (Å²) in [4.78, 5) is 15.6. The average Bonchev–Trinajstić information content (AvgIpc) is 3.23. The minimum Gasteiger partial charge on any atom is -0.507 e. The largest absolute Gasteiger partial charge is 0.507 e. The molecule has 0 aliphatic carbocycles. The van der Waals surface area contributed by atoms with Crippen molar-refractivity contribution in [3.8, 4) is 17.2 Å². The van der Waals surface area contributed by atoms with Gasteiger partial charge in [-0.2, -0.15) is 4.99 Å². The standard InChI is InChI=1S/C23H26N2O4S/c1-12-13(2)20-17(14(3)19(12)26)10-23(4,29-20)11-28-16-7-5-15(6-8-16)9-18-21(27)25-22(24)30-18/h5-8,18,26H,9-11H2,1-4H3,(H2,24,25,27). The maximum Gasteiger partial charge on any atom is 0.261 e. The van der Waals surface area contributed by atoms with Gasteiger partial charge in [-0.15, -0.1) is 0 Å². The number of phenols is 1. The molecular weight excluding hydrogens is 400 g/mol. The molecule has 0 fully saturated rings. The number of ether oxygens (including phenoxy) is 2. The van der Waals surface area contributed by atoms with E-state index in [9.17, 15) is 9.90 Å². The number of amidine groups is 1. The number of fused-ring (bicyclic) bond motifs is 1. The van der Waals surface area contributed by atoms with Crippen molar-refractivity contribution in [2.45, 2.75) is 51.4 Å². The second-order valence-corrected chi connectivity index (χ2v) is 9.51. The number of thioether (sulfide) groups is 1. The fourth-order valence-electron chi connectivity index (χ4n) is 3.96. The van der Waals surface area contributed by atoms with Gasteiger partial charge in [0.2, 0.25) is 0 Å². The van der Waals surface area contributed by atoms with E-state index in [2.05, 4.69) is 4.99 Å². The molecule has 6 nitrogen and oxygen atoms in total. The van der Waals surface area contributed by atoms with Gasteiger partial charge in [0.1, 0.15) is 29.5 Å². The molecule has 2 unspecified atom stereocenters. The summed E-state index contributed by atoms with van der Waals surface area (Å²) in [5.74, 6) is 1.79. The predicted octanol–water partition coefficient (Wildman–Crippen LogP) is 3.59. The Hall–Kier alpha value is -2.67. The van der Waals surface area contributed by atoms with Crippen molar-refractivity contribution in [1.29, 1.82) is 0 Å². The van der Waals surface area contributed by atoms with Crippen LogP contribution in [0, 0.1) is 20.8 Å². The molecular formula is C23H26N2O4S. The van der Waals surface area contributed by atoms with Gasteiger partial charge in [0.05, 0.1) is 5.25 Å². The van der Waals surface area contributed by atoms with E-state index in [1.165, 1.54) is 11.8 Å². The summed E-state index contributed by atoms with van der Waals surface area (Å²) in [5.41, 5.74) is 9.92. The van der Waals surface area contributed by atoms with Gasteiger partial charge in [0, 0.05) is 12.0 Å². The van der Waals surface area contributed by atoms with E-state index < -0.39 is 5.60 Å². The van der Waals surface area contributed by atoms with Crippen LogP contribution in [0.2, 0.25) is 0 Å². The Morgan fingerprint density at radius 2 is 1.93 bits per heavy atom. The Morgan fingerprint density at radius 3 is 2.57 bits per heavy atom. The van der Waals surface area contributed by atoms with Crippen molar-refractivity contribution in [3.63, 3.8) is 0 Å². The van der Waals surface area contributed by atoms with Gasteiger partial charge in [0.25, 0.3) is 5.91 Å². The molecule has 0 saturated carbocycles. The number of aromatic hydroxyl groups is 1. The smallest absolute Gasteiger partial charge is 0.261 e. The van der Waals surface area contributed by atoms with Gasteiger partial charge < -0.3 is 20.3 Å². The highest BCUT2D eigenvalue weighted by Crippen LogP contribution is 2.45. The van der Waals surface area contributed by atoms with E-state index in [0.29, 0.717) is 30.4 Å². The van der Waals surface area contributed by atoms with Crippen LogP contribution in [-0.2, 0) is 17.6 Å². The zero-order valence-corrected chi connectivity index (χ0v) is 18.4. The number of benzene rings is 2. The zero-order valence-electron chi connectivity index (χ0n) is 17.6. The van der Waals surface area contributed by atoms with Gasteiger partial charge in [-0.05, 0) is 68.5 Å². The molecule has 0 radical (unpaired) electrons. The molecule has 2 atom stereocenters. The number of nitrogens with zero attached hydrogens (tertiary/aromatic N) is 1. The number of carbonyl (C=O) groups excluding carboxylic acids is 1. The molecule has 0 spiro atoms. The van der Waals surface area contributed by atoms with Crippen LogP contribution < -0.4 is 15.2 Å². The quantitative estimate of drug-likeness (QED) is 0.759. The third-order valence-corrected chi connectivity index (χ3v) is 6.87. The number of hydrogen-bond acceptors (Lipinski definition) is 6. The first-order chi connectivity index (χ1) is 14.2. The third-order valence-electron chi connectivity index (χ3n) is 5.89. The second-order valence-electron chi connectivity index (χ2n) is 8.29. The molecule has 2 aromatic carbocycles. The molecule has 158 valence electrons. The number of aliphatic imine (C=N–C) groups is 1. The van der Waals surface area contributed by atoms with Crippen LogP contribution in [-0.4, -0.2) is 33.6 Å². The molecule has 0 bridgehead atoms. The Bertz CT molecular complexity index is 1010. The molecule has 2 aliphatic heterocycles. The molecule has 30 heavy (non-hydrogen) atoms.